The highest BCUT2D eigenvalue weighted by molar-refractivity contribution is 6.00. The van der Waals surface area contributed by atoms with Gasteiger partial charge in [0, 0.05) is 11.1 Å². The first-order chi connectivity index (χ1) is 9.83. The van der Waals surface area contributed by atoms with Crippen LogP contribution >= 0.6 is 0 Å². The molecule has 0 atom stereocenters. The minimum atomic E-state index is 0.674. The summed E-state index contributed by atoms with van der Waals surface area (Å²) in [6.07, 6.45) is 0.851. The first-order valence-electron chi connectivity index (χ1n) is 6.45. The van der Waals surface area contributed by atoms with E-state index in [4.69, 9.17) is 4.74 Å². The molecule has 98 valence electrons. The topological polar surface area (TPSA) is 26.3 Å². The molecule has 0 heterocycles. The Bertz CT molecular complexity index is 758. The van der Waals surface area contributed by atoms with E-state index >= 15 is 0 Å². The predicted molar refractivity (Wildman–Crippen MR) is 81.3 cm³/mol. The van der Waals surface area contributed by atoms with Crippen LogP contribution in [-0.4, -0.2) is 13.4 Å². The number of methoxy groups -OCH3 is 1. The summed E-state index contributed by atoms with van der Waals surface area (Å²) in [5.74, 6) is 0.836. The third kappa shape index (κ3) is 2.05. The van der Waals surface area contributed by atoms with Crippen LogP contribution in [0.3, 0.4) is 0 Å². The second kappa shape index (κ2) is 5.17. The molecule has 0 spiro atoms. The van der Waals surface area contributed by atoms with Crippen molar-refractivity contribution in [2.24, 2.45) is 0 Å². The van der Waals surface area contributed by atoms with Crippen LogP contribution in [0.2, 0.25) is 0 Å². The predicted octanol–water partition coefficient (Wildman–Crippen LogP) is 4.33. The third-order valence-corrected chi connectivity index (χ3v) is 3.45. The van der Waals surface area contributed by atoms with E-state index in [0.717, 1.165) is 28.5 Å². The molecule has 0 saturated heterocycles. The molecule has 3 rings (SSSR count). The Kier molecular flexibility index (Phi) is 3.21. The first-order valence-corrected chi connectivity index (χ1v) is 6.45. The van der Waals surface area contributed by atoms with Gasteiger partial charge >= 0.3 is 0 Å². The highest BCUT2D eigenvalue weighted by Gasteiger charge is 2.10. The van der Waals surface area contributed by atoms with Crippen molar-refractivity contribution in [2.45, 2.75) is 0 Å². The van der Waals surface area contributed by atoms with Gasteiger partial charge < -0.3 is 4.74 Å². The van der Waals surface area contributed by atoms with Crippen molar-refractivity contribution < 1.29 is 9.53 Å². The van der Waals surface area contributed by atoms with Gasteiger partial charge in [-0.25, -0.2) is 0 Å². The van der Waals surface area contributed by atoms with Crippen LogP contribution in [-0.2, 0) is 0 Å². The van der Waals surface area contributed by atoms with E-state index in [0.29, 0.717) is 5.56 Å². The number of hydrogen-bond donors (Lipinski definition) is 0. The SMILES string of the molecule is COc1ccc2ccccc2c1-c1ccc(C=O)cc1. The second-order valence-corrected chi connectivity index (χ2v) is 4.60. The maximum Gasteiger partial charge on any atom is 0.150 e. The zero-order valence-electron chi connectivity index (χ0n) is 11.2. The van der Waals surface area contributed by atoms with E-state index in [1.54, 1.807) is 7.11 Å². The average Bonchev–Trinajstić information content (AvgIpc) is 2.54. The molecule has 0 fully saturated rings. The van der Waals surface area contributed by atoms with Crippen LogP contribution in [0.15, 0.2) is 60.7 Å². The Labute approximate surface area is 117 Å². The lowest BCUT2D eigenvalue weighted by molar-refractivity contribution is 0.112. The minimum Gasteiger partial charge on any atom is -0.496 e. The zero-order chi connectivity index (χ0) is 13.9. The molecular formula is C18H14O2. The molecule has 2 heteroatoms. The smallest absolute Gasteiger partial charge is 0.150 e. The molecule has 0 saturated carbocycles. The number of aldehydes is 1. The molecule has 2 nitrogen and oxygen atoms in total. The van der Waals surface area contributed by atoms with Crippen LogP contribution in [0.25, 0.3) is 21.9 Å². The van der Waals surface area contributed by atoms with Crippen LogP contribution in [0.1, 0.15) is 10.4 Å². The Hall–Kier alpha value is -2.61. The van der Waals surface area contributed by atoms with Crippen molar-refractivity contribution in [3.8, 4) is 16.9 Å². The molecule has 0 N–H and O–H groups in total. The summed E-state index contributed by atoms with van der Waals surface area (Å²) in [6.45, 7) is 0. The van der Waals surface area contributed by atoms with Gasteiger partial charge in [-0.2, -0.15) is 0 Å². The number of ether oxygens (including phenoxy) is 1. The number of carbonyl (C=O) groups is 1. The molecule has 0 unspecified atom stereocenters. The van der Waals surface area contributed by atoms with Gasteiger partial charge in [0.15, 0.2) is 0 Å². The molecule has 20 heavy (non-hydrogen) atoms. The van der Waals surface area contributed by atoms with E-state index in [-0.39, 0.29) is 0 Å². The van der Waals surface area contributed by atoms with Gasteiger partial charge in [-0.3, -0.25) is 4.79 Å². The first kappa shape index (κ1) is 12.4. The molecular weight excluding hydrogens is 248 g/mol. The van der Waals surface area contributed by atoms with Gasteiger partial charge in [-0.15, -0.1) is 0 Å². The van der Waals surface area contributed by atoms with Crippen molar-refractivity contribution >= 4 is 17.1 Å². The standard InChI is InChI=1S/C18H14O2/c1-20-17-11-10-14-4-2-3-5-16(14)18(17)15-8-6-13(12-19)7-9-15/h2-12H,1H3. The van der Waals surface area contributed by atoms with Crippen molar-refractivity contribution in [3.05, 3.63) is 66.2 Å². The van der Waals surface area contributed by atoms with Crippen LogP contribution in [0.4, 0.5) is 0 Å². The van der Waals surface area contributed by atoms with Crippen molar-refractivity contribution in [1.29, 1.82) is 0 Å². The van der Waals surface area contributed by atoms with E-state index in [9.17, 15) is 4.79 Å². The highest BCUT2D eigenvalue weighted by Crippen LogP contribution is 2.36. The molecule has 0 amide bonds. The van der Waals surface area contributed by atoms with E-state index < -0.39 is 0 Å². The van der Waals surface area contributed by atoms with E-state index in [2.05, 4.69) is 18.2 Å². The Morgan fingerprint density at radius 1 is 0.900 bits per heavy atom. The van der Waals surface area contributed by atoms with Gasteiger partial charge in [0.1, 0.15) is 12.0 Å². The van der Waals surface area contributed by atoms with Gasteiger partial charge in [0.25, 0.3) is 0 Å². The molecule has 3 aromatic rings. The summed E-state index contributed by atoms with van der Waals surface area (Å²) >= 11 is 0. The molecule has 0 radical (unpaired) electrons. The van der Waals surface area contributed by atoms with Crippen LogP contribution < -0.4 is 4.74 Å². The van der Waals surface area contributed by atoms with Crippen molar-refractivity contribution in [1.82, 2.24) is 0 Å². The van der Waals surface area contributed by atoms with Crippen LogP contribution in [0, 0.1) is 0 Å². The fourth-order valence-corrected chi connectivity index (χ4v) is 2.45. The van der Waals surface area contributed by atoms with Crippen LogP contribution in [0.5, 0.6) is 5.75 Å². The van der Waals surface area contributed by atoms with Crippen molar-refractivity contribution in [2.75, 3.05) is 7.11 Å². The van der Waals surface area contributed by atoms with Gasteiger partial charge in [0.2, 0.25) is 0 Å². The summed E-state index contributed by atoms with van der Waals surface area (Å²) in [7, 11) is 1.67. The summed E-state index contributed by atoms with van der Waals surface area (Å²) in [5, 5.41) is 2.31. The van der Waals surface area contributed by atoms with Crippen molar-refractivity contribution in [3.63, 3.8) is 0 Å². The number of carbonyl (C=O) groups excluding carboxylic acids is 1. The fraction of sp³-hybridized carbons (Fsp3) is 0.0556. The highest BCUT2D eigenvalue weighted by atomic mass is 16.5. The normalized spacial score (nSPS) is 10.4. The molecule has 0 bridgehead atoms. The Balaban J connectivity index is 2.29. The Morgan fingerprint density at radius 2 is 1.65 bits per heavy atom. The molecule has 0 aromatic heterocycles. The lowest BCUT2D eigenvalue weighted by atomic mass is 9.96. The lowest BCUT2D eigenvalue weighted by Gasteiger charge is -2.12. The van der Waals surface area contributed by atoms with Gasteiger partial charge in [0.05, 0.1) is 7.11 Å². The summed E-state index contributed by atoms with van der Waals surface area (Å²) in [6, 6.07) is 19.8. The summed E-state index contributed by atoms with van der Waals surface area (Å²) in [4.78, 5) is 10.8. The maximum atomic E-state index is 10.8. The maximum absolute atomic E-state index is 10.8. The van der Waals surface area contributed by atoms with E-state index in [1.165, 1.54) is 5.39 Å². The average molecular weight is 262 g/mol. The van der Waals surface area contributed by atoms with Gasteiger partial charge in [-0.1, -0.05) is 54.6 Å². The monoisotopic (exact) mass is 262 g/mol. The third-order valence-electron chi connectivity index (χ3n) is 3.45. The number of fused-ring (bicyclic) bond motifs is 1. The number of benzene rings is 3. The quantitative estimate of drug-likeness (QED) is 0.657. The largest absolute Gasteiger partial charge is 0.496 e. The summed E-state index contributed by atoms with van der Waals surface area (Å²) < 4.78 is 5.49. The van der Waals surface area contributed by atoms with E-state index in [1.807, 2.05) is 42.5 Å². The lowest BCUT2D eigenvalue weighted by Crippen LogP contribution is -1.90. The van der Waals surface area contributed by atoms with Gasteiger partial charge in [-0.05, 0) is 22.4 Å². The molecule has 0 aliphatic rings. The molecule has 3 aromatic carbocycles. The molecule has 0 aliphatic heterocycles. The second-order valence-electron chi connectivity index (χ2n) is 4.60. The minimum absolute atomic E-state index is 0.674. The summed E-state index contributed by atoms with van der Waals surface area (Å²) in [5.41, 5.74) is 2.78. The fourth-order valence-electron chi connectivity index (χ4n) is 2.45. The molecule has 0 aliphatic carbocycles. The Morgan fingerprint density at radius 3 is 2.35 bits per heavy atom. The number of hydrogen-bond acceptors (Lipinski definition) is 2. The zero-order valence-corrected chi connectivity index (χ0v) is 11.2. The number of rotatable bonds is 3.